The molecular weight excluding hydrogens is 166 g/mol. The van der Waals surface area contributed by atoms with Crippen LogP contribution >= 0.6 is 0 Å². The van der Waals surface area contributed by atoms with Crippen molar-refractivity contribution in [3.63, 3.8) is 0 Å². The average Bonchev–Trinajstić information content (AvgIpc) is 2.17. The van der Waals surface area contributed by atoms with E-state index in [4.69, 9.17) is 5.11 Å². The molecule has 0 unspecified atom stereocenters. The van der Waals surface area contributed by atoms with Crippen molar-refractivity contribution in [3.05, 3.63) is 0 Å². The molecular formula is C9H20N3O. The molecule has 0 aliphatic carbocycles. The lowest BCUT2D eigenvalue weighted by atomic mass is 10.3. The summed E-state index contributed by atoms with van der Waals surface area (Å²) in [5, 5.41) is 12.8. The van der Waals surface area contributed by atoms with Gasteiger partial charge in [-0.3, -0.25) is 9.80 Å². The fraction of sp³-hybridized carbons (Fsp3) is 1.00. The Kier molecular flexibility index (Phi) is 5.31. The van der Waals surface area contributed by atoms with E-state index in [0.717, 1.165) is 45.8 Å². The summed E-state index contributed by atoms with van der Waals surface area (Å²) < 4.78 is 0. The molecule has 13 heavy (non-hydrogen) atoms. The first-order chi connectivity index (χ1) is 6.36. The molecule has 1 aliphatic heterocycles. The molecule has 77 valence electrons. The SMILES string of the molecule is C[N]CCN1CCN(CCO)CC1. The molecule has 0 atom stereocenters. The molecule has 1 heterocycles. The minimum absolute atomic E-state index is 0.282. The smallest absolute Gasteiger partial charge is 0.0558 e. The highest BCUT2D eigenvalue weighted by atomic mass is 16.3. The largest absolute Gasteiger partial charge is 0.395 e. The van der Waals surface area contributed by atoms with E-state index in [-0.39, 0.29) is 6.61 Å². The first-order valence-corrected chi connectivity index (χ1v) is 4.98. The van der Waals surface area contributed by atoms with Gasteiger partial charge in [-0.25, -0.2) is 5.32 Å². The van der Waals surface area contributed by atoms with Gasteiger partial charge in [-0.1, -0.05) is 0 Å². The van der Waals surface area contributed by atoms with Gasteiger partial charge in [0.1, 0.15) is 0 Å². The zero-order valence-corrected chi connectivity index (χ0v) is 8.45. The Balaban J connectivity index is 2.08. The van der Waals surface area contributed by atoms with Crippen LogP contribution in [0.1, 0.15) is 0 Å². The van der Waals surface area contributed by atoms with Crippen molar-refractivity contribution in [2.75, 3.05) is 59.5 Å². The quantitative estimate of drug-likeness (QED) is 0.588. The maximum absolute atomic E-state index is 8.76. The van der Waals surface area contributed by atoms with Crippen LogP contribution in [0.2, 0.25) is 0 Å². The molecule has 0 amide bonds. The predicted molar refractivity (Wildman–Crippen MR) is 52.9 cm³/mol. The average molecular weight is 186 g/mol. The molecule has 4 nitrogen and oxygen atoms in total. The predicted octanol–water partition coefficient (Wildman–Crippen LogP) is -1.17. The normalized spacial score (nSPS) is 20.8. The van der Waals surface area contributed by atoms with Crippen molar-refractivity contribution in [2.45, 2.75) is 0 Å². The lowest BCUT2D eigenvalue weighted by Crippen LogP contribution is -2.48. The first kappa shape index (κ1) is 10.9. The molecule has 1 rings (SSSR count). The second-order valence-corrected chi connectivity index (χ2v) is 3.45. The van der Waals surface area contributed by atoms with Gasteiger partial charge in [-0.2, -0.15) is 0 Å². The maximum atomic E-state index is 8.76. The van der Waals surface area contributed by atoms with E-state index in [9.17, 15) is 0 Å². The molecule has 0 spiro atoms. The highest BCUT2D eigenvalue weighted by Gasteiger charge is 2.15. The number of hydrogen-bond donors (Lipinski definition) is 1. The van der Waals surface area contributed by atoms with Crippen LogP contribution in [-0.4, -0.2) is 74.4 Å². The van der Waals surface area contributed by atoms with Crippen LogP contribution in [-0.2, 0) is 0 Å². The van der Waals surface area contributed by atoms with E-state index in [1.54, 1.807) is 0 Å². The van der Waals surface area contributed by atoms with Gasteiger partial charge in [-0.05, 0) is 0 Å². The van der Waals surface area contributed by atoms with Crippen molar-refractivity contribution in [2.24, 2.45) is 0 Å². The summed E-state index contributed by atoms with van der Waals surface area (Å²) in [6.07, 6.45) is 0. The fourth-order valence-electron chi connectivity index (χ4n) is 1.62. The Morgan fingerprint density at radius 2 is 1.62 bits per heavy atom. The summed E-state index contributed by atoms with van der Waals surface area (Å²) in [7, 11) is 1.86. The highest BCUT2D eigenvalue weighted by Crippen LogP contribution is 1.99. The van der Waals surface area contributed by atoms with Crippen LogP contribution in [0, 0.1) is 0 Å². The second-order valence-electron chi connectivity index (χ2n) is 3.45. The molecule has 0 aromatic rings. The molecule has 0 aromatic carbocycles. The summed E-state index contributed by atoms with van der Waals surface area (Å²) in [5.74, 6) is 0. The molecule has 1 aliphatic rings. The van der Waals surface area contributed by atoms with E-state index < -0.39 is 0 Å². The minimum Gasteiger partial charge on any atom is -0.395 e. The number of nitrogens with zero attached hydrogens (tertiary/aromatic N) is 3. The van der Waals surface area contributed by atoms with Gasteiger partial charge >= 0.3 is 0 Å². The molecule has 1 saturated heterocycles. The van der Waals surface area contributed by atoms with Gasteiger partial charge in [0.25, 0.3) is 0 Å². The van der Waals surface area contributed by atoms with Crippen LogP contribution in [0.15, 0.2) is 0 Å². The number of aliphatic hydroxyl groups excluding tert-OH is 1. The Morgan fingerprint density at radius 1 is 1.08 bits per heavy atom. The summed E-state index contributed by atoms with van der Waals surface area (Å²) in [6.45, 7) is 7.55. The van der Waals surface area contributed by atoms with Crippen LogP contribution < -0.4 is 5.32 Å². The van der Waals surface area contributed by atoms with Gasteiger partial charge < -0.3 is 5.11 Å². The summed E-state index contributed by atoms with van der Waals surface area (Å²) in [6, 6.07) is 0. The maximum Gasteiger partial charge on any atom is 0.0558 e. The van der Waals surface area contributed by atoms with Crippen LogP contribution in [0.5, 0.6) is 0 Å². The zero-order valence-electron chi connectivity index (χ0n) is 8.45. The molecule has 0 aromatic heterocycles. The van der Waals surface area contributed by atoms with Crippen molar-refractivity contribution in [3.8, 4) is 0 Å². The minimum atomic E-state index is 0.282. The third kappa shape index (κ3) is 4.04. The van der Waals surface area contributed by atoms with Crippen LogP contribution in [0.25, 0.3) is 0 Å². The van der Waals surface area contributed by atoms with Crippen molar-refractivity contribution in [1.29, 1.82) is 0 Å². The number of likely N-dealkylation sites (N-methyl/N-ethyl adjacent to an activating group) is 1. The Hall–Kier alpha value is -0.160. The van der Waals surface area contributed by atoms with E-state index >= 15 is 0 Å². The topological polar surface area (TPSA) is 40.8 Å². The number of β-amino-alcohol motifs (C(OH)–C–C–N with tert-alkyl or cyclic N) is 1. The molecule has 0 saturated carbocycles. The Morgan fingerprint density at radius 3 is 2.08 bits per heavy atom. The van der Waals surface area contributed by atoms with Crippen molar-refractivity contribution < 1.29 is 5.11 Å². The van der Waals surface area contributed by atoms with Gasteiger partial charge in [0.05, 0.1) is 6.61 Å². The van der Waals surface area contributed by atoms with Gasteiger partial charge in [0.15, 0.2) is 0 Å². The fourth-order valence-corrected chi connectivity index (χ4v) is 1.62. The number of rotatable bonds is 5. The molecule has 4 heteroatoms. The molecule has 1 N–H and O–H groups in total. The summed E-state index contributed by atoms with van der Waals surface area (Å²) >= 11 is 0. The summed E-state index contributed by atoms with van der Waals surface area (Å²) in [5.41, 5.74) is 0. The monoisotopic (exact) mass is 186 g/mol. The third-order valence-electron chi connectivity index (χ3n) is 2.52. The summed E-state index contributed by atoms with van der Waals surface area (Å²) in [4.78, 5) is 4.74. The lowest BCUT2D eigenvalue weighted by Gasteiger charge is -2.34. The zero-order chi connectivity index (χ0) is 9.52. The van der Waals surface area contributed by atoms with E-state index in [1.807, 2.05) is 7.05 Å². The molecule has 1 radical (unpaired) electrons. The van der Waals surface area contributed by atoms with Crippen molar-refractivity contribution >= 4 is 0 Å². The van der Waals surface area contributed by atoms with Gasteiger partial charge in [0.2, 0.25) is 0 Å². The first-order valence-electron chi connectivity index (χ1n) is 4.98. The van der Waals surface area contributed by atoms with Crippen molar-refractivity contribution in [1.82, 2.24) is 15.1 Å². The van der Waals surface area contributed by atoms with Crippen LogP contribution in [0.3, 0.4) is 0 Å². The molecule has 0 bridgehead atoms. The van der Waals surface area contributed by atoms with E-state index in [2.05, 4.69) is 15.1 Å². The van der Waals surface area contributed by atoms with Crippen LogP contribution in [0.4, 0.5) is 0 Å². The number of aliphatic hydroxyl groups is 1. The number of hydrogen-bond acceptors (Lipinski definition) is 3. The lowest BCUT2D eigenvalue weighted by molar-refractivity contribution is 0.113. The standard InChI is InChI=1S/C9H20N3O/c1-10-2-3-11-4-6-12(7-5-11)8-9-13/h13H,2-9H2,1H3. The molecule has 1 fully saturated rings. The third-order valence-corrected chi connectivity index (χ3v) is 2.52. The Labute approximate surface area is 80.5 Å². The highest BCUT2D eigenvalue weighted by molar-refractivity contribution is 4.71. The van der Waals surface area contributed by atoms with E-state index in [1.165, 1.54) is 0 Å². The van der Waals surface area contributed by atoms with E-state index in [0.29, 0.717) is 0 Å². The number of piperazine rings is 1. The Bertz CT molecular complexity index is 124. The van der Waals surface area contributed by atoms with Gasteiger partial charge in [-0.15, -0.1) is 0 Å². The van der Waals surface area contributed by atoms with Gasteiger partial charge in [0, 0.05) is 52.9 Å². The second kappa shape index (κ2) is 6.32.